The lowest BCUT2D eigenvalue weighted by Gasteiger charge is -2.27. The summed E-state index contributed by atoms with van der Waals surface area (Å²) >= 11 is 0. The number of furan rings is 1. The largest absolute Gasteiger partial charge is 0.488 e. The molecule has 0 bridgehead atoms. The number of carbonyl (C=O) groups excluding carboxylic acids is 1. The predicted molar refractivity (Wildman–Crippen MR) is 128 cm³/mol. The fourth-order valence-electron chi connectivity index (χ4n) is 5.00. The molecule has 0 radical (unpaired) electrons. The summed E-state index contributed by atoms with van der Waals surface area (Å²) in [5.74, 6) is 0.0546. The Labute approximate surface area is 197 Å². The van der Waals surface area contributed by atoms with Crippen molar-refractivity contribution < 1.29 is 23.8 Å². The van der Waals surface area contributed by atoms with E-state index in [1.54, 1.807) is 23.5 Å². The maximum Gasteiger partial charge on any atom is 0.268 e. The highest BCUT2D eigenvalue weighted by atomic mass is 16.5. The van der Waals surface area contributed by atoms with Gasteiger partial charge in [0.2, 0.25) is 0 Å². The lowest BCUT2D eigenvalue weighted by molar-refractivity contribution is -0.132. The number of fused-ring (bicyclic) bond motifs is 2. The number of hydrogen-bond acceptors (Lipinski definition) is 5. The Morgan fingerprint density at radius 3 is 2.56 bits per heavy atom. The van der Waals surface area contributed by atoms with Gasteiger partial charge in [0.15, 0.2) is 5.60 Å². The molecule has 6 rings (SSSR count). The van der Waals surface area contributed by atoms with Gasteiger partial charge in [0.25, 0.3) is 5.91 Å². The van der Waals surface area contributed by atoms with Gasteiger partial charge in [0.05, 0.1) is 30.9 Å². The van der Waals surface area contributed by atoms with Gasteiger partial charge in [-0.25, -0.2) is 0 Å². The van der Waals surface area contributed by atoms with Gasteiger partial charge >= 0.3 is 0 Å². The molecule has 0 spiro atoms. The first-order chi connectivity index (χ1) is 16.6. The number of aliphatic hydroxyl groups is 1. The summed E-state index contributed by atoms with van der Waals surface area (Å²) in [5.41, 5.74) is 0.764. The molecule has 0 aliphatic carbocycles. The molecule has 2 atom stereocenters. The number of benzene rings is 3. The normalized spacial score (nSPS) is 21.9. The molecule has 2 aliphatic heterocycles. The van der Waals surface area contributed by atoms with Gasteiger partial charge in [-0.1, -0.05) is 48.5 Å². The van der Waals surface area contributed by atoms with Crippen LogP contribution in [0.1, 0.15) is 29.5 Å². The Balaban J connectivity index is 1.45. The number of para-hydroxylation sites is 1. The lowest BCUT2D eigenvalue weighted by Crippen LogP contribution is -2.44. The molecular formula is C28H25NO5. The Morgan fingerprint density at radius 1 is 1.00 bits per heavy atom. The molecule has 1 N–H and O–H groups in total. The quantitative estimate of drug-likeness (QED) is 0.453. The number of nitrogens with zero attached hydrogens (tertiary/aromatic N) is 1. The summed E-state index contributed by atoms with van der Waals surface area (Å²) in [4.78, 5) is 15.6. The van der Waals surface area contributed by atoms with E-state index in [0.29, 0.717) is 42.3 Å². The predicted octanol–water partition coefficient (Wildman–Crippen LogP) is 4.77. The van der Waals surface area contributed by atoms with E-state index >= 15 is 0 Å². The van der Waals surface area contributed by atoms with Gasteiger partial charge < -0.3 is 23.9 Å². The smallest absolute Gasteiger partial charge is 0.268 e. The van der Waals surface area contributed by atoms with Crippen LogP contribution in [-0.4, -0.2) is 30.3 Å². The summed E-state index contributed by atoms with van der Waals surface area (Å²) in [6.45, 7) is 1.42. The first-order valence-electron chi connectivity index (χ1n) is 11.6. The van der Waals surface area contributed by atoms with Crippen LogP contribution in [-0.2, 0) is 21.7 Å². The Kier molecular flexibility index (Phi) is 5.12. The molecule has 1 amide bonds. The Bertz CT molecular complexity index is 1340. The minimum atomic E-state index is -1.88. The fourth-order valence-corrected chi connectivity index (χ4v) is 5.00. The second kappa shape index (κ2) is 8.31. The molecule has 3 aromatic carbocycles. The van der Waals surface area contributed by atoms with Gasteiger partial charge in [-0.3, -0.25) is 4.79 Å². The van der Waals surface area contributed by atoms with Crippen molar-refractivity contribution in [2.24, 2.45) is 0 Å². The van der Waals surface area contributed by atoms with Crippen LogP contribution in [0, 0.1) is 0 Å². The van der Waals surface area contributed by atoms with E-state index in [9.17, 15) is 9.90 Å². The number of anilines is 1. The van der Waals surface area contributed by atoms with Crippen LogP contribution in [0.4, 0.5) is 5.69 Å². The van der Waals surface area contributed by atoms with Gasteiger partial charge in [-0.2, -0.15) is 0 Å². The third-order valence-electron chi connectivity index (χ3n) is 6.75. The zero-order valence-electron chi connectivity index (χ0n) is 18.6. The summed E-state index contributed by atoms with van der Waals surface area (Å²) in [7, 11) is 0. The zero-order chi connectivity index (χ0) is 23.1. The average molecular weight is 456 g/mol. The number of carbonyl (C=O) groups is 1. The van der Waals surface area contributed by atoms with E-state index in [1.165, 1.54) is 0 Å². The van der Waals surface area contributed by atoms with E-state index in [-0.39, 0.29) is 6.10 Å². The van der Waals surface area contributed by atoms with Crippen LogP contribution in [0.25, 0.3) is 10.8 Å². The SMILES string of the molecule is O=C1N(CC2CCCO2)c2ccccc2C1(O)c1cc2cocc2cc1OCc1ccccc1. The van der Waals surface area contributed by atoms with Crippen LogP contribution < -0.4 is 9.64 Å². The highest BCUT2D eigenvalue weighted by Gasteiger charge is 2.53. The minimum Gasteiger partial charge on any atom is -0.488 e. The van der Waals surface area contributed by atoms with Crippen molar-refractivity contribution in [2.75, 3.05) is 18.1 Å². The van der Waals surface area contributed by atoms with Gasteiger partial charge in [0, 0.05) is 28.5 Å². The number of ether oxygens (including phenoxy) is 2. The van der Waals surface area contributed by atoms with Gasteiger partial charge in [-0.05, 0) is 36.6 Å². The van der Waals surface area contributed by atoms with Crippen molar-refractivity contribution in [2.45, 2.75) is 31.2 Å². The van der Waals surface area contributed by atoms with Crippen molar-refractivity contribution in [3.63, 3.8) is 0 Å². The maximum absolute atomic E-state index is 13.9. The van der Waals surface area contributed by atoms with E-state index in [2.05, 4.69) is 0 Å². The summed E-state index contributed by atoms with van der Waals surface area (Å²) in [5, 5.41) is 13.8. The number of amides is 1. The maximum atomic E-state index is 13.9. The van der Waals surface area contributed by atoms with Crippen molar-refractivity contribution >= 4 is 22.4 Å². The van der Waals surface area contributed by atoms with Gasteiger partial charge in [0.1, 0.15) is 12.4 Å². The molecular weight excluding hydrogens is 430 g/mol. The monoisotopic (exact) mass is 455 g/mol. The van der Waals surface area contributed by atoms with Crippen LogP contribution in [0.5, 0.6) is 5.75 Å². The molecule has 6 heteroatoms. The molecule has 172 valence electrons. The zero-order valence-corrected chi connectivity index (χ0v) is 18.6. The Hall–Kier alpha value is -3.61. The second-order valence-electron chi connectivity index (χ2n) is 8.90. The first kappa shape index (κ1) is 21.0. The summed E-state index contributed by atoms with van der Waals surface area (Å²) in [6.07, 6.45) is 5.08. The van der Waals surface area contributed by atoms with Crippen LogP contribution in [0.3, 0.4) is 0 Å². The van der Waals surface area contributed by atoms with Crippen LogP contribution >= 0.6 is 0 Å². The molecule has 2 unspecified atom stereocenters. The minimum absolute atomic E-state index is 0.0375. The molecule has 0 saturated carbocycles. The first-order valence-corrected chi connectivity index (χ1v) is 11.6. The number of rotatable bonds is 6. The highest BCUT2D eigenvalue weighted by molar-refractivity contribution is 6.10. The second-order valence-corrected chi connectivity index (χ2v) is 8.90. The molecule has 4 aromatic rings. The molecule has 1 fully saturated rings. The third-order valence-corrected chi connectivity index (χ3v) is 6.75. The molecule has 34 heavy (non-hydrogen) atoms. The lowest BCUT2D eigenvalue weighted by atomic mass is 9.86. The molecule has 3 heterocycles. The summed E-state index contributed by atoms with van der Waals surface area (Å²) < 4.78 is 17.4. The van der Waals surface area contributed by atoms with E-state index in [0.717, 1.165) is 29.2 Å². The van der Waals surface area contributed by atoms with Gasteiger partial charge in [-0.15, -0.1) is 0 Å². The third kappa shape index (κ3) is 3.38. The highest BCUT2D eigenvalue weighted by Crippen LogP contribution is 2.48. The van der Waals surface area contributed by atoms with E-state index in [4.69, 9.17) is 13.9 Å². The fraction of sp³-hybridized carbons (Fsp3) is 0.250. The van der Waals surface area contributed by atoms with Crippen LogP contribution in [0.15, 0.2) is 83.7 Å². The topological polar surface area (TPSA) is 72.1 Å². The molecule has 1 saturated heterocycles. The Morgan fingerprint density at radius 2 is 1.76 bits per heavy atom. The molecule has 2 aliphatic rings. The van der Waals surface area contributed by atoms with Crippen molar-refractivity contribution in [3.8, 4) is 5.75 Å². The van der Waals surface area contributed by atoms with Crippen molar-refractivity contribution in [3.05, 3.63) is 95.9 Å². The standard InChI is InChI=1S/C28H25NO5/c30-27-28(31,23-10-4-5-11-25(23)29(27)15-22-9-6-12-33-22)24-13-20-17-32-18-21(20)14-26(24)34-16-19-7-2-1-3-8-19/h1-5,7-8,10-11,13-14,17-18,22,31H,6,9,12,15-16H2. The van der Waals surface area contributed by atoms with E-state index in [1.807, 2.05) is 60.7 Å². The van der Waals surface area contributed by atoms with Crippen molar-refractivity contribution in [1.29, 1.82) is 0 Å². The number of hydrogen-bond donors (Lipinski definition) is 1. The average Bonchev–Trinajstić information content (AvgIpc) is 3.60. The molecule has 6 nitrogen and oxygen atoms in total. The van der Waals surface area contributed by atoms with E-state index < -0.39 is 11.5 Å². The van der Waals surface area contributed by atoms with Crippen LogP contribution in [0.2, 0.25) is 0 Å². The molecule has 1 aromatic heterocycles. The summed E-state index contributed by atoms with van der Waals surface area (Å²) in [6, 6.07) is 20.8. The van der Waals surface area contributed by atoms with Crippen molar-refractivity contribution in [1.82, 2.24) is 0 Å².